The van der Waals surface area contributed by atoms with Gasteiger partial charge in [-0.05, 0) is 61.1 Å². The minimum atomic E-state index is -0.684. The van der Waals surface area contributed by atoms with Crippen LogP contribution in [0.25, 0.3) is 0 Å². The minimum absolute atomic E-state index is 0.529. The molecule has 0 fully saturated rings. The summed E-state index contributed by atoms with van der Waals surface area (Å²) in [7, 11) is 0. The third-order valence-electron chi connectivity index (χ3n) is 10.9. The fourth-order valence-electron chi connectivity index (χ4n) is 7.42. The third-order valence-corrected chi connectivity index (χ3v) is 10.9. The van der Waals surface area contributed by atoms with Crippen molar-refractivity contribution in [2.45, 2.75) is 232 Å². The van der Waals surface area contributed by atoms with Crippen LogP contribution in [0.3, 0.4) is 0 Å². The van der Waals surface area contributed by atoms with Crippen molar-refractivity contribution in [3.8, 4) is 11.5 Å². The lowest BCUT2D eigenvalue weighted by Crippen LogP contribution is -2.13. The molecule has 3 heteroatoms. The van der Waals surface area contributed by atoms with Gasteiger partial charge in [-0.2, -0.15) is 0 Å². The maximum absolute atomic E-state index is 12.4. The first kappa shape index (κ1) is 45.9. The molecule has 0 saturated carbocycles. The number of hydrogen-bond acceptors (Lipinski definition) is 3. The van der Waals surface area contributed by atoms with Gasteiger partial charge in [-0.25, -0.2) is 4.79 Å². The number of hydrogen-bond donors (Lipinski definition) is 0. The molecule has 3 nitrogen and oxygen atoms in total. The van der Waals surface area contributed by atoms with E-state index in [4.69, 9.17) is 9.47 Å². The quantitative estimate of drug-likeness (QED) is 0.0400. The Balaban J connectivity index is 1.40. The fourth-order valence-corrected chi connectivity index (χ4v) is 7.42. The Morgan fingerprint density at radius 3 is 0.769 bits per heavy atom. The summed E-state index contributed by atoms with van der Waals surface area (Å²) in [4.78, 5) is 12.4. The normalized spacial score (nSPS) is 11.3. The van der Waals surface area contributed by atoms with Gasteiger partial charge in [-0.1, -0.05) is 231 Å². The number of unbranched alkanes of at least 4 members (excludes halogenated alkanes) is 30. The second kappa shape index (κ2) is 34.5. The van der Waals surface area contributed by atoms with Crippen molar-refractivity contribution in [1.82, 2.24) is 0 Å². The van der Waals surface area contributed by atoms with Gasteiger partial charge in [0.1, 0.15) is 11.5 Å². The number of carbonyl (C=O) groups excluding carboxylic acids is 1. The van der Waals surface area contributed by atoms with Gasteiger partial charge in [0.2, 0.25) is 0 Å². The second-order valence-corrected chi connectivity index (χ2v) is 15.8. The molecule has 0 aliphatic rings. The SMILES string of the molecule is CCCCCCCCCCCCCCCCCCc1ccc(OC(=O)Oc2ccc(CCCCCCCCCCCCCCCCCC)cc2)cc1. The van der Waals surface area contributed by atoms with E-state index in [-0.39, 0.29) is 0 Å². The van der Waals surface area contributed by atoms with Crippen molar-refractivity contribution in [2.75, 3.05) is 0 Å². The van der Waals surface area contributed by atoms with Crippen molar-refractivity contribution < 1.29 is 14.3 Å². The summed E-state index contributed by atoms with van der Waals surface area (Å²) in [6.07, 6.45) is 46.0. The lowest BCUT2D eigenvalue weighted by atomic mass is 10.0. The van der Waals surface area contributed by atoms with E-state index in [0.29, 0.717) is 11.5 Å². The molecule has 0 unspecified atom stereocenters. The Bertz CT molecular complexity index is 960. The van der Waals surface area contributed by atoms with Crippen LogP contribution in [0, 0.1) is 0 Å². The molecule has 0 bridgehead atoms. The lowest BCUT2D eigenvalue weighted by Gasteiger charge is -2.08. The highest BCUT2D eigenvalue weighted by atomic mass is 16.7. The molecule has 0 aliphatic heterocycles. The molecule has 2 rings (SSSR count). The second-order valence-electron chi connectivity index (χ2n) is 15.8. The van der Waals surface area contributed by atoms with E-state index in [1.807, 2.05) is 24.3 Å². The van der Waals surface area contributed by atoms with Gasteiger partial charge >= 0.3 is 6.16 Å². The molecule has 0 N–H and O–H groups in total. The highest BCUT2D eigenvalue weighted by molar-refractivity contribution is 5.67. The fraction of sp³-hybridized carbons (Fsp3) is 0.735. The van der Waals surface area contributed by atoms with Gasteiger partial charge in [0.15, 0.2) is 0 Å². The minimum Gasteiger partial charge on any atom is -0.395 e. The van der Waals surface area contributed by atoms with Crippen molar-refractivity contribution in [2.24, 2.45) is 0 Å². The van der Waals surface area contributed by atoms with Gasteiger partial charge < -0.3 is 9.47 Å². The molecule has 52 heavy (non-hydrogen) atoms. The van der Waals surface area contributed by atoms with E-state index in [9.17, 15) is 4.79 Å². The van der Waals surface area contributed by atoms with E-state index in [1.54, 1.807) is 0 Å². The third kappa shape index (κ3) is 27.3. The van der Waals surface area contributed by atoms with Crippen LogP contribution in [0.2, 0.25) is 0 Å². The Labute approximate surface area is 322 Å². The van der Waals surface area contributed by atoms with Gasteiger partial charge in [0.05, 0.1) is 0 Å². The Kier molecular flexibility index (Phi) is 30.4. The Morgan fingerprint density at radius 2 is 0.538 bits per heavy atom. The van der Waals surface area contributed by atoms with Gasteiger partial charge in [0, 0.05) is 0 Å². The molecule has 2 aromatic carbocycles. The zero-order valence-electron chi connectivity index (χ0n) is 34.4. The van der Waals surface area contributed by atoms with Crippen molar-refractivity contribution >= 4 is 6.16 Å². The molecule has 0 aromatic heterocycles. The highest BCUT2D eigenvalue weighted by Crippen LogP contribution is 2.20. The molecular weight excluding hydrogens is 637 g/mol. The first-order chi connectivity index (χ1) is 25.7. The molecule has 0 atom stereocenters. The summed E-state index contributed by atoms with van der Waals surface area (Å²) < 4.78 is 10.9. The molecular formula is C49H82O3. The summed E-state index contributed by atoms with van der Waals surface area (Å²) in [6.45, 7) is 4.58. The predicted octanol–water partition coefficient (Wildman–Crippen LogP) is 16.9. The smallest absolute Gasteiger partial charge is 0.395 e. The molecule has 0 aliphatic carbocycles. The largest absolute Gasteiger partial charge is 0.519 e. The summed E-state index contributed by atoms with van der Waals surface area (Å²) in [5.74, 6) is 1.06. The van der Waals surface area contributed by atoms with Crippen LogP contribution in [0.1, 0.15) is 230 Å². The van der Waals surface area contributed by atoms with Crippen LogP contribution >= 0.6 is 0 Å². The van der Waals surface area contributed by atoms with Gasteiger partial charge in [-0.15, -0.1) is 0 Å². The van der Waals surface area contributed by atoms with Gasteiger partial charge in [0.25, 0.3) is 0 Å². The summed E-state index contributed by atoms with van der Waals surface area (Å²) in [5, 5.41) is 0. The molecule has 296 valence electrons. The number of ether oxygens (including phenoxy) is 2. The number of aryl methyl sites for hydroxylation is 2. The molecule has 0 saturated heterocycles. The summed E-state index contributed by atoms with van der Waals surface area (Å²) in [6, 6.07) is 15.8. The van der Waals surface area contributed by atoms with Crippen LogP contribution in [0.5, 0.6) is 11.5 Å². The molecule has 0 radical (unpaired) electrons. The number of benzene rings is 2. The molecule has 0 spiro atoms. The van der Waals surface area contributed by atoms with Crippen LogP contribution < -0.4 is 9.47 Å². The Morgan fingerprint density at radius 1 is 0.327 bits per heavy atom. The van der Waals surface area contributed by atoms with Crippen LogP contribution in [0.4, 0.5) is 4.79 Å². The molecule has 0 amide bonds. The monoisotopic (exact) mass is 719 g/mol. The van der Waals surface area contributed by atoms with Crippen LogP contribution in [-0.4, -0.2) is 6.16 Å². The van der Waals surface area contributed by atoms with E-state index < -0.39 is 6.16 Å². The van der Waals surface area contributed by atoms with Crippen LogP contribution in [0.15, 0.2) is 48.5 Å². The topological polar surface area (TPSA) is 35.5 Å². The summed E-state index contributed by atoms with van der Waals surface area (Å²) in [5.41, 5.74) is 2.59. The maximum Gasteiger partial charge on any atom is 0.519 e. The van der Waals surface area contributed by atoms with Crippen molar-refractivity contribution in [3.63, 3.8) is 0 Å². The highest BCUT2D eigenvalue weighted by Gasteiger charge is 2.08. The Hall–Kier alpha value is -2.29. The first-order valence-corrected chi connectivity index (χ1v) is 22.8. The van der Waals surface area contributed by atoms with Crippen molar-refractivity contribution in [3.05, 3.63) is 59.7 Å². The maximum atomic E-state index is 12.4. The predicted molar refractivity (Wildman–Crippen MR) is 226 cm³/mol. The standard InChI is InChI=1S/C49H82O3/c1-3-5-7-9-11-13-15-17-19-21-23-25-27-29-31-33-35-45-37-41-47(42-38-45)51-49(50)52-48-43-39-46(40-44-48)36-34-32-30-28-26-24-22-20-18-16-14-12-10-8-6-4-2/h37-44H,3-36H2,1-2H3. The average Bonchev–Trinajstić information content (AvgIpc) is 3.15. The number of carbonyl (C=O) groups is 1. The van der Waals surface area contributed by atoms with E-state index >= 15 is 0 Å². The van der Waals surface area contributed by atoms with Gasteiger partial charge in [-0.3, -0.25) is 0 Å². The number of rotatable bonds is 36. The van der Waals surface area contributed by atoms with Crippen LogP contribution in [-0.2, 0) is 12.8 Å². The van der Waals surface area contributed by atoms with E-state index in [1.165, 1.54) is 217 Å². The zero-order chi connectivity index (χ0) is 37.0. The molecule has 2 aromatic rings. The zero-order valence-corrected chi connectivity index (χ0v) is 34.4. The lowest BCUT2D eigenvalue weighted by molar-refractivity contribution is 0.152. The van der Waals surface area contributed by atoms with E-state index in [2.05, 4.69) is 38.1 Å². The summed E-state index contributed by atoms with van der Waals surface area (Å²) >= 11 is 0. The average molecular weight is 719 g/mol. The van der Waals surface area contributed by atoms with E-state index in [0.717, 1.165) is 12.8 Å². The van der Waals surface area contributed by atoms with Crippen molar-refractivity contribution in [1.29, 1.82) is 0 Å². The first-order valence-electron chi connectivity index (χ1n) is 22.8. The molecule has 0 heterocycles.